The predicted octanol–water partition coefficient (Wildman–Crippen LogP) is 4.04. The summed E-state index contributed by atoms with van der Waals surface area (Å²) in [5, 5.41) is 3.01. The second-order valence-electron chi connectivity index (χ2n) is 5.80. The molecule has 2 rings (SSSR count). The third-order valence-electron chi connectivity index (χ3n) is 3.93. The number of hydrogen-bond acceptors (Lipinski definition) is 3. The van der Waals surface area contributed by atoms with Crippen molar-refractivity contribution in [1.82, 2.24) is 5.32 Å². The number of methoxy groups -OCH3 is 1. The molecule has 2 aromatic carbocycles. The van der Waals surface area contributed by atoms with E-state index >= 15 is 0 Å². The molecule has 0 radical (unpaired) electrons. The van der Waals surface area contributed by atoms with E-state index in [4.69, 9.17) is 9.47 Å². The minimum absolute atomic E-state index is 0.128. The van der Waals surface area contributed by atoms with Crippen molar-refractivity contribution in [3.63, 3.8) is 0 Å². The van der Waals surface area contributed by atoms with Gasteiger partial charge in [0.25, 0.3) is 5.91 Å². The average molecular weight is 327 g/mol. The van der Waals surface area contributed by atoms with Crippen LogP contribution in [0.3, 0.4) is 0 Å². The van der Waals surface area contributed by atoms with Crippen LogP contribution in [0.25, 0.3) is 0 Å². The molecule has 2 aromatic rings. The Balaban J connectivity index is 2.04. The van der Waals surface area contributed by atoms with Gasteiger partial charge in [0.05, 0.1) is 13.2 Å². The largest absolute Gasteiger partial charge is 0.496 e. The van der Waals surface area contributed by atoms with Gasteiger partial charge >= 0.3 is 0 Å². The van der Waals surface area contributed by atoms with Gasteiger partial charge in [0.1, 0.15) is 11.5 Å². The van der Waals surface area contributed by atoms with Crippen molar-refractivity contribution in [2.24, 2.45) is 0 Å². The van der Waals surface area contributed by atoms with Crippen molar-refractivity contribution in [3.8, 4) is 11.5 Å². The number of carbonyl (C=O) groups excluding carboxylic acids is 1. The summed E-state index contributed by atoms with van der Waals surface area (Å²) in [5.74, 6) is 1.34. The monoisotopic (exact) mass is 327 g/mol. The molecule has 0 heterocycles. The van der Waals surface area contributed by atoms with E-state index in [0.29, 0.717) is 12.2 Å². The minimum Gasteiger partial charge on any atom is -0.496 e. The Hall–Kier alpha value is -2.49. The van der Waals surface area contributed by atoms with Crippen LogP contribution in [0.1, 0.15) is 37.4 Å². The van der Waals surface area contributed by atoms with Crippen LogP contribution in [-0.4, -0.2) is 19.1 Å². The van der Waals surface area contributed by atoms with Crippen LogP contribution in [0.2, 0.25) is 0 Å². The van der Waals surface area contributed by atoms with Gasteiger partial charge in [-0.3, -0.25) is 4.79 Å². The highest BCUT2D eigenvalue weighted by Gasteiger charge is 2.21. The molecule has 2 unspecified atom stereocenters. The number of amides is 1. The summed E-state index contributed by atoms with van der Waals surface area (Å²) < 4.78 is 11.2. The number of aryl methyl sites for hydroxylation is 1. The Morgan fingerprint density at radius 1 is 1.12 bits per heavy atom. The fourth-order valence-electron chi connectivity index (χ4n) is 2.51. The van der Waals surface area contributed by atoms with Gasteiger partial charge in [-0.2, -0.15) is 0 Å². The van der Waals surface area contributed by atoms with Crippen LogP contribution in [0.4, 0.5) is 0 Å². The topological polar surface area (TPSA) is 47.6 Å². The van der Waals surface area contributed by atoms with E-state index in [2.05, 4.69) is 5.32 Å². The lowest BCUT2D eigenvalue weighted by Gasteiger charge is -2.22. The van der Waals surface area contributed by atoms with Crippen LogP contribution in [-0.2, 0) is 4.79 Å². The first-order valence-corrected chi connectivity index (χ1v) is 8.21. The lowest BCUT2D eigenvalue weighted by molar-refractivity contribution is -0.128. The van der Waals surface area contributed by atoms with Gasteiger partial charge in [0.15, 0.2) is 6.10 Å². The van der Waals surface area contributed by atoms with Crippen molar-refractivity contribution in [2.45, 2.75) is 39.3 Å². The first kappa shape index (κ1) is 17.9. The molecule has 24 heavy (non-hydrogen) atoms. The maximum Gasteiger partial charge on any atom is 0.261 e. The molecule has 4 heteroatoms. The number of nitrogens with one attached hydrogen (secondary N) is 1. The Bertz CT molecular complexity index is 667. The van der Waals surface area contributed by atoms with Crippen LogP contribution in [0.5, 0.6) is 11.5 Å². The van der Waals surface area contributed by atoms with Gasteiger partial charge in [-0.05, 0) is 38.5 Å². The van der Waals surface area contributed by atoms with Crippen LogP contribution >= 0.6 is 0 Å². The van der Waals surface area contributed by atoms with Gasteiger partial charge in [-0.15, -0.1) is 0 Å². The molecule has 1 amide bonds. The first-order chi connectivity index (χ1) is 11.5. The second-order valence-corrected chi connectivity index (χ2v) is 5.80. The number of benzene rings is 2. The van der Waals surface area contributed by atoms with Gasteiger partial charge in [0.2, 0.25) is 0 Å². The zero-order valence-corrected chi connectivity index (χ0v) is 14.7. The van der Waals surface area contributed by atoms with E-state index in [0.717, 1.165) is 16.9 Å². The van der Waals surface area contributed by atoms with Crippen molar-refractivity contribution in [3.05, 3.63) is 59.7 Å². The van der Waals surface area contributed by atoms with E-state index in [9.17, 15) is 4.79 Å². The summed E-state index contributed by atoms with van der Waals surface area (Å²) in [6, 6.07) is 15.2. The fourth-order valence-corrected chi connectivity index (χ4v) is 2.51. The average Bonchev–Trinajstić information content (AvgIpc) is 2.60. The molecular formula is C20H25NO3. The lowest BCUT2D eigenvalue weighted by atomic mass is 10.1. The Labute approximate surface area is 143 Å². The van der Waals surface area contributed by atoms with Crippen LogP contribution < -0.4 is 14.8 Å². The molecule has 0 saturated carbocycles. The van der Waals surface area contributed by atoms with Crippen molar-refractivity contribution < 1.29 is 14.3 Å². The van der Waals surface area contributed by atoms with E-state index in [1.807, 2.05) is 69.3 Å². The molecule has 0 aromatic heterocycles. The highest BCUT2D eigenvalue weighted by molar-refractivity contribution is 5.81. The molecule has 2 atom stereocenters. The normalized spacial score (nSPS) is 13.0. The summed E-state index contributed by atoms with van der Waals surface area (Å²) in [7, 11) is 1.63. The van der Waals surface area contributed by atoms with Crippen LogP contribution in [0, 0.1) is 6.92 Å². The summed E-state index contributed by atoms with van der Waals surface area (Å²) in [5.41, 5.74) is 2.10. The van der Waals surface area contributed by atoms with E-state index in [-0.39, 0.29) is 11.9 Å². The molecule has 0 spiro atoms. The SMILES string of the molecule is CCC(Oc1ccc(C)cc1)C(=O)NC(C)c1ccccc1OC. The fraction of sp³-hybridized carbons (Fsp3) is 0.350. The molecule has 1 N–H and O–H groups in total. The zero-order valence-electron chi connectivity index (χ0n) is 14.7. The van der Waals surface area contributed by atoms with Crippen molar-refractivity contribution in [1.29, 1.82) is 0 Å². The number of para-hydroxylation sites is 1. The maximum atomic E-state index is 12.6. The molecular weight excluding hydrogens is 302 g/mol. The van der Waals surface area contributed by atoms with Gasteiger partial charge in [0, 0.05) is 5.56 Å². The number of rotatable bonds is 7. The molecule has 128 valence electrons. The lowest BCUT2D eigenvalue weighted by Crippen LogP contribution is -2.39. The Kier molecular flexibility index (Phi) is 6.24. The third-order valence-corrected chi connectivity index (χ3v) is 3.93. The third kappa shape index (κ3) is 4.51. The van der Waals surface area contributed by atoms with E-state index in [1.54, 1.807) is 7.11 Å². The number of hydrogen-bond donors (Lipinski definition) is 1. The highest BCUT2D eigenvalue weighted by Crippen LogP contribution is 2.24. The van der Waals surface area contributed by atoms with Crippen LogP contribution in [0.15, 0.2) is 48.5 Å². The predicted molar refractivity (Wildman–Crippen MR) is 95.4 cm³/mol. The second kappa shape index (κ2) is 8.39. The maximum absolute atomic E-state index is 12.6. The minimum atomic E-state index is -0.523. The standard InChI is InChI=1S/C20H25NO3/c1-5-18(24-16-12-10-14(2)11-13-16)20(22)21-15(3)17-8-6-7-9-19(17)23-4/h6-13,15,18H,5H2,1-4H3,(H,21,22). The molecule has 0 saturated heterocycles. The molecule has 0 aliphatic rings. The van der Waals surface area contributed by atoms with Crippen molar-refractivity contribution >= 4 is 5.91 Å². The highest BCUT2D eigenvalue weighted by atomic mass is 16.5. The number of ether oxygens (including phenoxy) is 2. The number of carbonyl (C=O) groups is 1. The molecule has 0 aliphatic carbocycles. The summed E-state index contributed by atoms with van der Waals surface area (Å²) in [6.45, 7) is 5.89. The van der Waals surface area contributed by atoms with Crippen molar-refractivity contribution in [2.75, 3.05) is 7.11 Å². The first-order valence-electron chi connectivity index (χ1n) is 8.21. The smallest absolute Gasteiger partial charge is 0.261 e. The van der Waals surface area contributed by atoms with Gasteiger partial charge < -0.3 is 14.8 Å². The van der Waals surface area contributed by atoms with E-state index < -0.39 is 6.10 Å². The molecule has 0 aliphatic heterocycles. The summed E-state index contributed by atoms with van der Waals surface area (Å²) >= 11 is 0. The van der Waals surface area contributed by atoms with E-state index in [1.165, 1.54) is 0 Å². The molecule has 0 fully saturated rings. The molecule has 0 bridgehead atoms. The Morgan fingerprint density at radius 3 is 2.42 bits per heavy atom. The van der Waals surface area contributed by atoms with Gasteiger partial charge in [-0.25, -0.2) is 0 Å². The molecule has 4 nitrogen and oxygen atoms in total. The summed E-state index contributed by atoms with van der Waals surface area (Å²) in [4.78, 5) is 12.6. The quantitative estimate of drug-likeness (QED) is 0.835. The summed E-state index contributed by atoms with van der Waals surface area (Å²) in [6.07, 6.45) is 0.0723. The van der Waals surface area contributed by atoms with Gasteiger partial charge in [-0.1, -0.05) is 42.8 Å². The Morgan fingerprint density at radius 2 is 1.79 bits per heavy atom. The zero-order chi connectivity index (χ0) is 17.5.